The first kappa shape index (κ1) is 20.7. The molecule has 0 atom stereocenters. The fraction of sp³-hybridized carbons (Fsp3) is 0. The number of nitrogens with one attached hydrogen (secondary N) is 1. The predicted molar refractivity (Wildman–Crippen MR) is 126 cm³/mol. The third-order valence-corrected chi connectivity index (χ3v) is 7.03. The molecule has 0 aliphatic rings. The summed E-state index contributed by atoms with van der Waals surface area (Å²) < 4.78 is 31.3. The minimum absolute atomic E-state index is 0.201. The second-order valence-corrected chi connectivity index (χ2v) is 9.31. The van der Waals surface area contributed by atoms with Gasteiger partial charge in [0.15, 0.2) is 0 Å². The average molecular weight is 455 g/mol. The highest BCUT2D eigenvalue weighted by Gasteiger charge is 2.17. The van der Waals surface area contributed by atoms with Crippen LogP contribution in [0.25, 0.3) is 22.0 Å². The molecule has 0 radical (unpaired) electrons. The van der Waals surface area contributed by atoms with E-state index in [1.165, 1.54) is 12.1 Å². The number of sulfone groups is 1. The highest BCUT2D eigenvalue weighted by Crippen LogP contribution is 2.29. The minimum atomic E-state index is -3.57. The van der Waals surface area contributed by atoms with Crippen molar-refractivity contribution in [2.45, 2.75) is 9.79 Å². The number of nitrogens with zero attached hydrogens (tertiary/aromatic N) is 1. The standard InChI is InChI=1S/C26H18N2O4S/c29-26-24-9-5-4-8-23(24)25(27-28-26)18-10-12-19(13-11-18)32-20-14-16-22(17-15-20)33(30,31)21-6-2-1-3-7-21/h1-17H,(H,28,29). The SMILES string of the molecule is O=c1[nH]nc(-c2ccc(Oc3ccc(S(=O)(=O)c4ccccc4)cc3)cc2)c2ccccc12. The second-order valence-electron chi connectivity index (χ2n) is 7.36. The van der Waals surface area contributed by atoms with Gasteiger partial charge >= 0.3 is 0 Å². The van der Waals surface area contributed by atoms with E-state index in [0.717, 1.165) is 10.9 Å². The molecule has 0 aliphatic carbocycles. The van der Waals surface area contributed by atoms with Gasteiger partial charge in [-0.15, -0.1) is 0 Å². The molecule has 0 fully saturated rings. The topological polar surface area (TPSA) is 89.1 Å². The Hall–Kier alpha value is -4.23. The molecule has 0 spiro atoms. The lowest BCUT2D eigenvalue weighted by molar-refractivity contribution is 0.482. The van der Waals surface area contributed by atoms with Crippen LogP contribution in [0.2, 0.25) is 0 Å². The lowest BCUT2D eigenvalue weighted by atomic mass is 10.1. The minimum Gasteiger partial charge on any atom is -0.457 e. The van der Waals surface area contributed by atoms with E-state index in [2.05, 4.69) is 10.2 Å². The summed E-state index contributed by atoms with van der Waals surface area (Å²) in [5.41, 5.74) is 1.28. The monoisotopic (exact) mass is 454 g/mol. The smallest absolute Gasteiger partial charge is 0.272 e. The molecule has 0 amide bonds. The van der Waals surface area contributed by atoms with Gasteiger partial charge in [-0.2, -0.15) is 5.10 Å². The number of aromatic amines is 1. The Morgan fingerprint density at radius 3 is 1.85 bits per heavy atom. The number of hydrogen-bond donors (Lipinski definition) is 1. The molecule has 33 heavy (non-hydrogen) atoms. The Bertz CT molecular complexity index is 1590. The zero-order chi connectivity index (χ0) is 22.8. The molecule has 6 nitrogen and oxygen atoms in total. The van der Waals surface area contributed by atoms with E-state index in [4.69, 9.17) is 4.74 Å². The van der Waals surface area contributed by atoms with Crippen LogP contribution in [0.15, 0.2) is 118 Å². The van der Waals surface area contributed by atoms with Crippen molar-refractivity contribution in [3.8, 4) is 22.8 Å². The van der Waals surface area contributed by atoms with Crippen LogP contribution in [0, 0.1) is 0 Å². The van der Waals surface area contributed by atoms with Crippen molar-refractivity contribution in [3.05, 3.63) is 113 Å². The summed E-state index contributed by atoms with van der Waals surface area (Å²) in [6.07, 6.45) is 0. The Labute approximate surface area is 190 Å². The molecule has 0 saturated carbocycles. The first-order chi connectivity index (χ1) is 16.0. The number of rotatable bonds is 5. The fourth-order valence-electron chi connectivity index (χ4n) is 3.57. The zero-order valence-electron chi connectivity index (χ0n) is 17.3. The van der Waals surface area contributed by atoms with Crippen LogP contribution in [-0.2, 0) is 9.84 Å². The maximum atomic E-state index is 12.7. The maximum absolute atomic E-state index is 12.7. The van der Waals surface area contributed by atoms with Crippen molar-refractivity contribution in [1.29, 1.82) is 0 Å². The number of fused-ring (bicyclic) bond motifs is 1. The van der Waals surface area contributed by atoms with E-state index in [-0.39, 0.29) is 15.4 Å². The highest BCUT2D eigenvalue weighted by atomic mass is 32.2. The summed E-state index contributed by atoms with van der Waals surface area (Å²) in [6.45, 7) is 0. The van der Waals surface area contributed by atoms with Crippen LogP contribution in [0.4, 0.5) is 0 Å². The Kier molecular flexibility index (Phi) is 5.24. The van der Waals surface area contributed by atoms with Crippen molar-refractivity contribution in [3.63, 3.8) is 0 Å². The number of H-pyrrole nitrogens is 1. The van der Waals surface area contributed by atoms with Crippen LogP contribution in [0.5, 0.6) is 11.5 Å². The Morgan fingerprint density at radius 1 is 0.636 bits per heavy atom. The van der Waals surface area contributed by atoms with Gasteiger partial charge in [-0.25, -0.2) is 13.5 Å². The first-order valence-corrected chi connectivity index (χ1v) is 11.7. The van der Waals surface area contributed by atoms with Gasteiger partial charge in [0.05, 0.1) is 20.9 Å². The van der Waals surface area contributed by atoms with Gasteiger partial charge in [-0.1, -0.05) is 36.4 Å². The molecule has 162 valence electrons. The van der Waals surface area contributed by atoms with E-state index >= 15 is 0 Å². The molecule has 5 rings (SSSR count). The number of hydrogen-bond acceptors (Lipinski definition) is 5. The number of aromatic nitrogens is 2. The van der Waals surface area contributed by atoms with Crippen molar-refractivity contribution >= 4 is 20.6 Å². The normalized spacial score (nSPS) is 11.4. The van der Waals surface area contributed by atoms with Crippen molar-refractivity contribution in [2.75, 3.05) is 0 Å². The second kappa shape index (κ2) is 8.37. The molecule has 0 saturated heterocycles. The summed E-state index contributed by atoms with van der Waals surface area (Å²) in [5, 5.41) is 8.10. The number of ether oxygens (including phenoxy) is 1. The highest BCUT2D eigenvalue weighted by molar-refractivity contribution is 7.91. The van der Waals surface area contributed by atoms with E-state index < -0.39 is 9.84 Å². The van der Waals surface area contributed by atoms with E-state index in [1.54, 1.807) is 60.7 Å². The fourth-order valence-corrected chi connectivity index (χ4v) is 4.86. The summed E-state index contributed by atoms with van der Waals surface area (Å²) in [4.78, 5) is 12.5. The van der Waals surface area contributed by atoms with Gasteiger partial charge in [0.25, 0.3) is 5.56 Å². The quantitative estimate of drug-likeness (QED) is 0.394. The van der Waals surface area contributed by atoms with Crippen LogP contribution < -0.4 is 10.3 Å². The summed E-state index contributed by atoms with van der Waals surface area (Å²) in [5.74, 6) is 1.11. The van der Waals surface area contributed by atoms with E-state index in [1.807, 2.05) is 30.3 Å². The Balaban J connectivity index is 1.37. The van der Waals surface area contributed by atoms with Gasteiger partial charge in [-0.3, -0.25) is 4.79 Å². The summed E-state index contributed by atoms with van der Waals surface area (Å²) >= 11 is 0. The zero-order valence-corrected chi connectivity index (χ0v) is 18.1. The van der Waals surface area contributed by atoms with Crippen molar-refractivity contribution in [2.24, 2.45) is 0 Å². The van der Waals surface area contributed by atoms with Crippen LogP contribution in [0.3, 0.4) is 0 Å². The average Bonchev–Trinajstić information content (AvgIpc) is 2.86. The molecule has 0 aliphatic heterocycles. The molecule has 1 heterocycles. The third kappa shape index (κ3) is 4.02. The molecular weight excluding hydrogens is 436 g/mol. The van der Waals surface area contributed by atoms with E-state index in [0.29, 0.717) is 22.6 Å². The molecule has 4 aromatic carbocycles. The first-order valence-electron chi connectivity index (χ1n) is 10.2. The molecule has 1 aromatic heterocycles. The lowest BCUT2D eigenvalue weighted by Gasteiger charge is -2.09. The van der Waals surface area contributed by atoms with Gasteiger partial charge in [-0.05, 0) is 66.7 Å². The Morgan fingerprint density at radius 2 is 1.18 bits per heavy atom. The molecule has 0 bridgehead atoms. The molecule has 5 aromatic rings. The third-order valence-electron chi connectivity index (χ3n) is 5.25. The predicted octanol–water partition coefficient (Wildman–Crippen LogP) is 5.22. The van der Waals surface area contributed by atoms with Gasteiger partial charge < -0.3 is 4.74 Å². The molecule has 1 N–H and O–H groups in total. The van der Waals surface area contributed by atoms with E-state index in [9.17, 15) is 13.2 Å². The van der Waals surface area contributed by atoms with Gasteiger partial charge in [0.2, 0.25) is 9.84 Å². The largest absolute Gasteiger partial charge is 0.457 e. The van der Waals surface area contributed by atoms with Crippen molar-refractivity contribution in [1.82, 2.24) is 10.2 Å². The van der Waals surface area contributed by atoms with Gasteiger partial charge in [0.1, 0.15) is 11.5 Å². The molecule has 7 heteroatoms. The molecule has 0 unspecified atom stereocenters. The number of benzene rings is 4. The van der Waals surface area contributed by atoms with Crippen LogP contribution in [-0.4, -0.2) is 18.6 Å². The van der Waals surface area contributed by atoms with Crippen LogP contribution in [0.1, 0.15) is 0 Å². The van der Waals surface area contributed by atoms with Crippen LogP contribution >= 0.6 is 0 Å². The maximum Gasteiger partial charge on any atom is 0.272 e. The summed E-state index contributed by atoms with van der Waals surface area (Å²) in [7, 11) is -3.57. The lowest BCUT2D eigenvalue weighted by Crippen LogP contribution is -2.09. The molecular formula is C26H18N2O4S. The summed E-state index contributed by atoms with van der Waals surface area (Å²) in [6, 6.07) is 29.2. The van der Waals surface area contributed by atoms with Gasteiger partial charge in [0, 0.05) is 10.9 Å². The van der Waals surface area contributed by atoms with Crippen molar-refractivity contribution < 1.29 is 13.2 Å².